The first-order valence-corrected chi connectivity index (χ1v) is 24.3. The zero-order chi connectivity index (χ0) is 42.4. The number of fused-ring (bicyclic) bond motifs is 15. The van der Waals surface area contributed by atoms with E-state index in [1.54, 1.807) is 0 Å². The summed E-state index contributed by atoms with van der Waals surface area (Å²) in [5, 5.41) is 14.9. The van der Waals surface area contributed by atoms with Crippen molar-refractivity contribution in [3.05, 3.63) is 218 Å². The first kappa shape index (κ1) is 35.1. The molecule has 302 valence electrons. The molecule has 4 aromatic heterocycles. The van der Waals surface area contributed by atoms with Crippen LogP contribution in [0.1, 0.15) is 0 Å². The van der Waals surface area contributed by atoms with E-state index in [1.807, 2.05) is 0 Å². The summed E-state index contributed by atoms with van der Waals surface area (Å²) in [5.74, 6) is 0. The number of aromatic nitrogens is 2. The number of nitrogens with zero attached hydrogens (tertiary/aromatic N) is 2. The van der Waals surface area contributed by atoms with E-state index in [0.29, 0.717) is 0 Å². The molecule has 1 aliphatic heterocycles. The van der Waals surface area contributed by atoms with Gasteiger partial charge in [-0.15, -0.1) is 0 Å². The Labute approximate surface area is 373 Å². The molecule has 15 rings (SSSR count). The van der Waals surface area contributed by atoms with Crippen molar-refractivity contribution in [1.82, 2.24) is 9.13 Å². The Kier molecular flexibility index (Phi) is 6.94. The minimum absolute atomic E-state index is 0.884. The third-order valence-corrected chi connectivity index (χ3v) is 19.2. The molecule has 14 aromatic rings. The van der Waals surface area contributed by atoms with Gasteiger partial charge in [-0.1, -0.05) is 146 Å². The molecule has 5 heterocycles. The van der Waals surface area contributed by atoms with Crippen molar-refractivity contribution in [2.75, 3.05) is 0 Å². The Morgan fingerprint density at radius 2 is 0.600 bits per heavy atom. The van der Waals surface area contributed by atoms with Crippen LogP contribution in [0.2, 0.25) is 0 Å². The molecule has 0 radical (unpaired) electrons. The van der Waals surface area contributed by atoms with Gasteiger partial charge in [-0.25, -0.2) is 0 Å². The molecular formula is C60H36N2O2Si. The number of para-hydroxylation sites is 4. The highest BCUT2D eigenvalue weighted by atomic mass is 28.3. The van der Waals surface area contributed by atoms with Crippen LogP contribution in [-0.2, 0) is 0 Å². The lowest BCUT2D eigenvalue weighted by atomic mass is 10.1. The van der Waals surface area contributed by atoms with Gasteiger partial charge in [0.15, 0.2) is 8.07 Å². The number of rotatable bonds is 4. The Bertz CT molecular complexity index is 3950. The van der Waals surface area contributed by atoms with E-state index in [1.165, 1.54) is 75.5 Å². The largest absolute Gasteiger partial charge is 0.456 e. The fourth-order valence-electron chi connectivity index (χ4n) is 11.7. The van der Waals surface area contributed by atoms with Crippen LogP contribution < -0.4 is 20.7 Å². The highest BCUT2D eigenvalue weighted by molar-refractivity contribution is 7.22. The first-order valence-electron chi connectivity index (χ1n) is 22.3. The van der Waals surface area contributed by atoms with E-state index < -0.39 is 8.07 Å². The van der Waals surface area contributed by atoms with Crippen LogP contribution in [0.25, 0.3) is 110 Å². The zero-order valence-corrected chi connectivity index (χ0v) is 36.0. The van der Waals surface area contributed by atoms with Gasteiger partial charge in [0.25, 0.3) is 0 Å². The minimum Gasteiger partial charge on any atom is -0.456 e. The van der Waals surface area contributed by atoms with E-state index in [4.69, 9.17) is 8.83 Å². The number of hydrogen-bond acceptors (Lipinski definition) is 2. The van der Waals surface area contributed by atoms with Crippen molar-refractivity contribution in [2.45, 2.75) is 0 Å². The second kappa shape index (κ2) is 12.9. The van der Waals surface area contributed by atoms with Crippen molar-refractivity contribution in [1.29, 1.82) is 0 Å². The molecular weight excluding hydrogens is 809 g/mol. The summed E-state index contributed by atoms with van der Waals surface area (Å²) in [4.78, 5) is 0. The molecule has 0 saturated carbocycles. The van der Waals surface area contributed by atoms with Gasteiger partial charge in [-0.3, -0.25) is 0 Å². The Morgan fingerprint density at radius 3 is 1.00 bits per heavy atom. The van der Waals surface area contributed by atoms with Crippen LogP contribution in [0.5, 0.6) is 0 Å². The van der Waals surface area contributed by atoms with Gasteiger partial charge in [0, 0.05) is 54.5 Å². The second-order valence-electron chi connectivity index (χ2n) is 17.6. The third-order valence-electron chi connectivity index (χ3n) is 14.4. The Hall–Kier alpha value is -8.38. The molecule has 0 bridgehead atoms. The van der Waals surface area contributed by atoms with Crippen LogP contribution in [0.15, 0.2) is 227 Å². The lowest BCUT2D eigenvalue weighted by Crippen LogP contribution is -2.72. The molecule has 0 N–H and O–H groups in total. The van der Waals surface area contributed by atoms with Gasteiger partial charge in [0.1, 0.15) is 22.3 Å². The molecule has 0 aliphatic carbocycles. The summed E-state index contributed by atoms with van der Waals surface area (Å²) in [5.41, 5.74) is 13.2. The molecule has 0 atom stereocenters. The van der Waals surface area contributed by atoms with Gasteiger partial charge in [0.2, 0.25) is 0 Å². The predicted octanol–water partition coefficient (Wildman–Crippen LogP) is 13.0. The van der Waals surface area contributed by atoms with Crippen LogP contribution in [0.3, 0.4) is 0 Å². The summed E-state index contributed by atoms with van der Waals surface area (Å²) in [6, 6.07) is 80.4. The predicted molar refractivity (Wildman–Crippen MR) is 272 cm³/mol. The smallest absolute Gasteiger partial charge is 0.180 e. The molecule has 0 spiro atoms. The maximum atomic E-state index is 6.68. The van der Waals surface area contributed by atoms with Crippen LogP contribution in [-0.4, -0.2) is 17.2 Å². The van der Waals surface area contributed by atoms with Crippen LogP contribution in [0.4, 0.5) is 0 Å². The maximum absolute atomic E-state index is 6.68. The zero-order valence-electron chi connectivity index (χ0n) is 35.0. The normalized spacial score (nSPS) is 13.4. The summed E-state index contributed by atoms with van der Waals surface area (Å²) in [6.45, 7) is 0. The number of hydrogen-bond donors (Lipinski definition) is 0. The fourth-order valence-corrected chi connectivity index (χ4v) is 16.9. The molecule has 4 nitrogen and oxygen atoms in total. The topological polar surface area (TPSA) is 36.1 Å². The maximum Gasteiger partial charge on any atom is 0.180 e. The van der Waals surface area contributed by atoms with Crippen molar-refractivity contribution in [3.8, 4) is 22.5 Å². The summed E-state index contributed by atoms with van der Waals surface area (Å²) >= 11 is 0. The average Bonchev–Trinajstić information content (AvgIpc) is 4.16. The number of benzene rings is 10. The van der Waals surface area contributed by atoms with Crippen molar-refractivity contribution >= 4 is 116 Å². The quantitative estimate of drug-likeness (QED) is 0.165. The van der Waals surface area contributed by atoms with E-state index >= 15 is 0 Å². The van der Waals surface area contributed by atoms with Gasteiger partial charge >= 0.3 is 0 Å². The van der Waals surface area contributed by atoms with Crippen molar-refractivity contribution < 1.29 is 8.83 Å². The SMILES string of the molecule is c1ccc2c(c1)-c1ccccc1[Si]2(c1ccc2oc3ccc(-n4c5ccccc5c5ccccc54)cc3c2c1)c1ccc2oc3ccc(-n4c5ccccc5c5ccccc54)cc3c2c1. The van der Waals surface area contributed by atoms with Gasteiger partial charge < -0.3 is 18.0 Å². The van der Waals surface area contributed by atoms with Crippen LogP contribution >= 0.6 is 0 Å². The van der Waals surface area contributed by atoms with Gasteiger partial charge in [-0.2, -0.15) is 0 Å². The standard InChI is InChI=1S/C60H36N2O2Si/c1-7-19-51-41(13-1)42-14-2-8-20-52(42)61(51)37-25-29-55-47(33-37)49-35-39(27-31-57(49)63-55)65(59-23-11-5-17-45(59)46-18-6-12-24-60(46)65)40-28-32-58-50(36-40)48-34-38(26-30-56(48)64-58)62-53-21-9-3-15-43(53)44-16-4-10-22-54(44)62/h1-36H. The second-order valence-corrected chi connectivity index (χ2v) is 21.3. The minimum atomic E-state index is -2.95. The van der Waals surface area contributed by atoms with E-state index in [0.717, 1.165) is 55.3 Å². The highest BCUT2D eigenvalue weighted by Gasteiger charge is 2.49. The molecule has 10 aromatic carbocycles. The lowest BCUT2D eigenvalue weighted by molar-refractivity contribution is 0.668. The lowest BCUT2D eigenvalue weighted by Gasteiger charge is -2.31. The molecule has 0 amide bonds. The number of furan rings is 2. The molecule has 5 heteroatoms. The van der Waals surface area contributed by atoms with Crippen molar-refractivity contribution in [2.24, 2.45) is 0 Å². The third kappa shape index (κ3) is 4.64. The molecule has 0 saturated heterocycles. The van der Waals surface area contributed by atoms with E-state index in [9.17, 15) is 0 Å². The van der Waals surface area contributed by atoms with Crippen LogP contribution in [0, 0.1) is 0 Å². The van der Waals surface area contributed by atoms with Crippen molar-refractivity contribution in [3.63, 3.8) is 0 Å². The monoisotopic (exact) mass is 844 g/mol. The highest BCUT2D eigenvalue weighted by Crippen LogP contribution is 2.39. The Balaban J connectivity index is 0.980. The molecule has 0 unspecified atom stereocenters. The molecule has 0 fully saturated rings. The fraction of sp³-hybridized carbons (Fsp3) is 0. The summed E-state index contributed by atoms with van der Waals surface area (Å²) in [7, 11) is -2.95. The summed E-state index contributed by atoms with van der Waals surface area (Å²) in [6.07, 6.45) is 0. The summed E-state index contributed by atoms with van der Waals surface area (Å²) < 4.78 is 18.1. The average molecular weight is 845 g/mol. The first-order chi connectivity index (χ1) is 32.2. The van der Waals surface area contributed by atoms with Gasteiger partial charge in [0.05, 0.1) is 22.1 Å². The van der Waals surface area contributed by atoms with E-state index in [2.05, 4.69) is 228 Å². The van der Waals surface area contributed by atoms with Gasteiger partial charge in [-0.05, 0) is 105 Å². The Morgan fingerprint density at radius 1 is 0.277 bits per heavy atom. The van der Waals surface area contributed by atoms with E-state index in [-0.39, 0.29) is 0 Å². The molecule has 65 heavy (non-hydrogen) atoms. The molecule has 1 aliphatic rings.